The lowest BCUT2D eigenvalue weighted by atomic mass is 9.95. The Bertz CT molecular complexity index is 911. The van der Waals surface area contributed by atoms with Crippen molar-refractivity contribution in [2.24, 2.45) is 5.92 Å². The van der Waals surface area contributed by atoms with Gasteiger partial charge in [0.1, 0.15) is 6.10 Å². The van der Waals surface area contributed by atoms with Crippen LogP contribution >= 0.6 is 0 Å². The van der Waals surface area contributed by atoms with Crippen molar-refractivity contribution in [1.29, 1.82) is 0 Å². The normalized spacial score (nSPS) is 19.6. The lowest BCUT2D eigenvalue weighted by Gasteiger charge is -2.32. The molecule has 1 aromatic carbocycles. The number of benzene rings is 1. The number of amides is 2. The van der Waals surface area contributed by atoms with Gasteiger partial charge in [0.15, 0.2) is 5.69 Å². The van der Waals surface area contributed by atoms with E-state index in [9.17, 15) is 9.59 Å². The van der Waals surface area contributed by atoms with Crippen LogP contribution in [0.2, 0.25) is 0 Å². The molecule has 2 aromatic rings. The van der Waals surface area contributed by atoms with Gasteiger partial charge in [-0.05, 0) is 39.2 Å². The molecule has 0 spiro atoms. The van der Waals surface area contributed by atoms with E-state index in [0.29, 0.717) is 44.8 Å². The fourth-order valence-electron chi connectivity index (χ4n) is 4.19. The molecule has 0 radical (unpaired) electrons. The monoisotopic (exact) mass is 410 g/mol. The highest BCUT2D eigenvalue weighted by molar-refractivity contribution is 5.93. The van der Waals surface area contributed by atoms with Gasteiger partial charge < -0.3 is 19.5 Å². The van der Waals surface area contributed by atoms with E-state index in [0.717, 1.165) is 11.3 Å². The predicted octanol–water partition coefficient (Wildman–Crippen LogP) is 2.84. The van der Waals surface area contributed by atoms with Gasteiger partial charge in [-0.2, -0.15) is 0 Å². The van der Waals surface area contributed by atoms with Gasteiger partial charge in [0.25, 0.3) is 5.91 Å². The van der Waals surface area contributed by atoms with Gasteiger partial charge in [0, 0.05) is 25.0 Å². The van der Waals surface area contributed by atoms with Crippen LogP contribution in [0.25, 0.3) is 0 Å². The zero-order valence-corrected chi connectivity index (χ0v) is 17.9. The quantitative estimate of drug-likeness (QED) is 0.841. The number of nitrogens with zero attached hydrogens (tertiary/aromatic N) is 3. The molecular weight excluding hydrogens is 380 g/mol. The highest BCUT2D eigenvalue weighted by Gasteiger charge is 2.32. The number of aryl methyl sites for hydroxylation is 1. The summed E-state index contributed by atoms with van der Waals surface area (Å²) in [6.45, 7) is 8.16. The average molecular weight is 411 g/mol. The Morgan fingerprint density at radius 1 is 1.17 bits per heavy atom. The van der Waals surface area contributed by atoms with Crippen LogP contribution in [-0.2, 0) is 22.7 Å². The Balaban J connectivity index is 1.39. The molecule has 0 saturated carbocycles. The molecule has 1 N–H and O–H groups in total. The van der Waals surface area contributed by atoms with E-state index in [2.05, 4.69) is 41.5 Å². The first-order valence-electron chi connectivity index (χ1n) is 10.7. The Morgan fingerprint density at radius 2 is 1.87 bits per heavy atom. The Morgan fingerprint density at radius 3 is 2.53 bits per heavy atom. The van der Waals surface area contributed by atoms with Crippen molar-refractivity contribution >= 4 is 11.8 Å². The largest absolute Gasteiger partial charge is 0.365 e. The number of carbonyl (C=O) groups excluding carboxylic acids is 2. The smallest absolute Gasteiger partial charge is 0.274 e. The summed E-state index contributed by atoms with van der Waals surface area (Å²) in [7, 11) is 0. The molecule has 1 unspecified atom stereocenters. The van der Waals surface area contributed by atoms with Crippen molar-refractivity contribution in [2.75, 3.05) is 13.1 Å². The van der Waals surface area contributed by atoms with E-state index < -0.39 is 0 Å². The molecule has 7 heteroatoms. The lowest BCUT2D eigenvalue weighted by Crippen LogP contribution is -2.44. The number of ether oxygens (including phenoxy) is 1. The van der Waals surface area contributed by atoms with Gasteiger partial charge in [0.2, 0.25) is 5.91 Å². The van der Waals surface area contributed by atoms with Gasteiger partial charge in [0.05, 0.1) is 25.2 Å². The van der Waals surface area contributed by atoms with E-state index in [4.69, 9.17) is 4.74 Å². The Kier molecular flexibility index (Phi) is 5.90. The van der Waals surface area contributed by atoms with Crippen molar-refractivity contribution < 1.29 is 14.3 Å². The molecule has 3 heterocycles. The lowest BCUT2D eigenvalue weighted by molar-refractivity contribution is -0.126. The molecule has 30 heavy (non-hydrogen) atoms. The number of aromatic nitrogens is 2. The first-order chi connectivity index (χ1) is 14.4. The summed E-state index contributed by atoms with van der Waals surface area (Å²) in [6.07, 6.45) is 3.08. The number of fused-ring (bicyclic) bond motifs is 1. The highest BCUT2D eigenvalue weighted by Crippen LogP contribution is 2.29. The third-order valence-electron chi connectivity index (χ3n) is 5.97. The van der Waals surface area contributed by atoms with Crippen LogP contribution in [0.15, 0.2) is 30.6 Å². The van der Waals surface area contributed by atoms with Gasteiger partial charge >= 0.3 is 0 Å². The number of piperidine rings is 1. The molecule has 1 saturated heterocycles. The van der Waals surface area contributed by atoms with E-state index in [-0.39, 0.29) is 29.9 Å². The molecule has 4 rings (SSSR count). The van der Waals surface area contributed by atoms with E-state index in [1.165, 1.54) is 5.56 Å². The summed E-state index contributed by atoms with van der Waals surface area (Å²) in [4.78, 5) is 31.5. The molecule has 160 valence electrons. The third-order valence-corrected chi connectivity index (χ3v) is 5.97. The van der Waals surface area contributed by atoms with Crippen molar-refractivity contribution in [3.63, 3.8) is 0 Å². The summed E-state index contributed by atoms with van der Waals surface area (Å²) >= 11 is 0. The minimum absolute atomic E-state index is 0.0223. The predicted molar refractivity (Wildman–Crippen MR) is 113 cm³/mol. The zero-order chi connectivity index (χ0) is 21.3. The van der Waals surface area contributed by atoms with Crippen LogP contribution in [0.5, 0.6) is 0 Å². The standard InChI is InChI=1S/C23H30N4O3/c1-15(2)25-22(28)18-8-10-26(11-9-18)23(29)21-19-13-30-20(12-27(19)14-24-21)17-6-4-16(3)5-7-17/h4-7,14-15,18,20H,8-13H2,1-3H3,(H,25,28). The second-order valence-electron chi connectivity index (χ2n) is 8.63. The van der Waals surface area contributed by atoms with Gasteiger partial charge in [-0.25, -0.2) is 4.98 Å². The van der Waals surface area contributed by atoms with Crippen LogP contribution < -0.4 is 5.32 Å². The topological polar surface area (TPSA) is 76.5 Å². The Labute approximate surface area is 177 Å². The fourth-order valence-corrected chi connectivity index (χ4v) is 4.19. The molecule has 0 bridgehead atoms. The maximum absolute atomic E-state index is 13.1. The summed E-state index contributed by atoms with van der Waals surface area (Å²) in [5.74, 6) is 0.00170. The first kappa shape index (κ1) is 20.6. The molecular formula is C23H30N4O3. The minimum Gasteiger partial charge on any atom is -0.365 e. The van der Waals surface area contributed by atoms with E-state index >= 15 is 0 Å². The first-order valence-corrected chi connectivity index (χ1v) is 10.7. The second kappa shape index (κ2) is 8.60. The molecule has 1 fully saturated rings. The molecule has 2 amide bonds. The third kappa shape index (κ3) is 4.26. The number of carbonyl (C=O) groups is 2. The number of likely N-dealkylation sites (tertiary alicyclic amines) is 1. The molecule has 2 aliphatic rings. The SMILES string of the molecule is Cc1ccc(C2Cn3cnc(C(=O)N4CCC(C(=O)NC(C)C)CC4)c3CO2)cc1. The number of hydrogen-bond donors (Lipinski definition) is 1. The van der Waals surface area contributed by atoms with Gasteiger partial charge in [-0.1, -0.05) is 29.8 Å². The van der Waals surface area contributed by atoms with Crippen LogP contribution in [0.3, 0.4) is 0 Å². The van der Waals surface area contributed by atoms with Gasteiger partial charge in [-0.15, -0.1) is 0 Å². The van der Waals surface area contributed by atoms with E-state index in [1.807, 2.05) is 23.3 Å². The van der Waals surface area contributed by atoms with Crippen LogP contribution in [0.4, 0.5) is 0 Å². The summed E-state index contributed by atoms with van der Waals surface area (Å²) in [5, 5.41) is 2.97. The highest BCUT2D eigenvalue weighted by atomic mass is 16.5. The number of hydrogen-bond acceptors (Lipinski definition) is 4. The molecule has 2 aliphatic heterocycles. The molecule has 7 nitrogen and oxygen atoms in total. The van der Waals surface area contributed by atoms with Crippen molar-refractivity contribution in [2.45, 2.75) is 58.9 Å². The van der Waals surface area contributed by atoms with Crippen LogP contribution in [0.1, 0.15) is 60.1 Å². The second-order valence-corrected chi connectivity index (χ2v) is 8.63. The van der Waals surface area contributed by atoms with Crippen molar-refractivity contribution in [3.8, 4) is 0 Å². The molecule has 0 aliphatic carbocycles. The molecule has 1 atom stereocenters. The Hall–Kier alpha value is -2.67. The van der Waals surface area contributed by atoms with Crippen molar-refractivity contribution in [1.82, 2.24) is 19.8 Å². The zero-order valence-electron chi connectivity index (χ0n) is 17.9. The van der Waals surface area contributed by atoms with Crippen LogP contribution in [0, 0.1) is 12.8 Å². The van der Waals surface area contributed by atoms with Gasteiger partial charge in [-0.3, -0.25) is 9.59 Å². The minimum atomic E-state index is -0.0659. The fraction of sp³-hybridized carbons (Fsp3) is 0.522. The maximum atomic E-state index is 13.1. The number of rotatable bonds is 4. The van der Waals surface area contributed by atoms with Crippen LogP contribution in [-0.4, -0.2) is 45.4 Å². The van der Waals surface area contributed by atoms with Crippen molar-refractivity contribution in [3.05, 3.63) is 53.1 Å². The maximum Gasteiger partial charge on any atom is 0.274 e. The summed E-state index contributed by atoms with van der Waals surface area (Å²) < 4.78 is 8.10. The summed E-state index contributed by atoms with van der Waals surface area (Å²) in [5.41, 5.74) is 3.66. The number of nitrogens with one attached hydrogen (secondary N) is 1. The number of imidazole rings is 1. The molecule has 1 aromatic heterocycles. The van der Waals surface area contributed by atoms with E-state index in [1.54, 1.807) is 6.33 Å². The summed E-state index contributed by atoms with van der Waals surface area (Å²) in [6, 6.07) is 8.49. The average Bonchev–Trinajstić information content (AvgIpc) is 3.16.